The van der Waals surface area contributed by atoms with E-state index < -0.39 is 5.97 Å². The van der Waals surface area contributed by atoms with E-state index in [0.717, 1.165) is 0 Å². The lowest BCUT2D eigenvalue weighted by molar-refractivity contribution is 0.0735. The second-order valence-electron chi connectivity index (χ2n) is 3.38. The van der Waals surface area contributed by atoms with Crippen molar-refractivity contribution in [1.82, 2.24) is 0 Å². The number of hydrogen-bond acceptors (Lipinski definition) is 3. The number of para-hydroxylation sites is 1. The van der Waals surface area contributed by atoms with E-state index in [-0.39, 0.29) is 0 Å². The largest absolute Gasteiger partial charge is 0.423 e. The topological polar surface area (TPSA) is 38.3 Å². The van der Waals surface area contributed by atoms with Gasteiger partial charge < -0.3 is 4.74 Å². The fourth-order valence-electron chi connectivity index (χ4n) is 1.36. The lowest BCUT2D eigenvalue weighted by atomic mass is 10.2. The maximum Gasteiger partial charge on any atom is 0.343 e. The molecule has 0 saturated heterocycles. The molecule has 0 aliphatic heterocycles. The van der Waals surface area contributed by atoms with Crippen LogP contribution in [-0.4, -0.2) is 5.97 Å². The average Bonchev–Trinajstić information content (AvgIpc) is 2.40. The van der Waals surface area contributed by atoms with Gasteiger partial charge in [-0.05, 0) is 30.3 Å². The number of benzene rings is 2. The van der Waals surface area contributed by atoms with Gasteiger partial charge in [0.05, 0.1) is 5.56 Å². The molecular formula is C13H10ClNO2. The zero-order valence-corrected chi connectivity index (χ0v) is 9.65. The van der Waals surface area contributed by atoms with Gasteiger partial charge in [0.25, 0.3) is 0 Å². The molecule has 0 aliphatic carbocycles. The molecule has 17 heavy (non-hydrogen) atoms. The van der Waals surface area contributed by atoms with Crippen molar-refractivity contribution < 1.29 is 9.53 Å². The minimum absolute atomic E-state index is 0.412. The maximum atomic E-state index is 11.8. The molecule has 0 fully saturated rings. The highest BCUT2D eigenvalue weighted by Gasteiger charge is 2.08. The minimum Gasteiger partial charge on any atom is -0.423 e. The lowest BCUT2D eigenvalue weighted by Crippen LogP contribution is -2.08. The van der Waals surface area contributed by atoms with Gasteiger partial charge in [0.1, 0.15) is 5.75 Å². The molecule has 0 atom stereocenters. The first-order valence-electron chi connectivity index (χ1n) is 5.03. The number of anilines is 1. The summed E-state index contributed by atoms with van der Waals surface area (Å²) in [6, 6.07) is 15.7. The smallest absolute Gasteiger partial charge is 0.343 e. The summed E-state index contributed by atoms with van der Waals surface area (Å²) in [6.07, 6.45) is 0. The highest BCUT2D eigenvalue weighted by Crippen LogP contribution is 2.15. The van der Waals surface area contributed by atoms with E-state index in [2.05, 4.69) is 4.84 Å². The van der Waals surface area contributed by atoms with Crippen LogP contribution in [0.1, 0.15) is 10.4 Å². The Morgan fingerprint density at radius 1 is 1.06 bits per heavy atom. The fourth-order valence-corrected chi connectivity index (χ4v) is 1.48. The summed E-state index contributed by atoms with van der Waals surface area (Å²) in [5.41, 5.74) is 1.09. The van der Waals surface area contributed by atoms with Crippen LogP contribution in [-0.2, 0) is 0 Å². The van der Waals surface area contributed by atoms with E-state index in [1.165, 1.54) is 0 Å². The van der Waals surface area contributed by atoms with E-state index in [9.17, 15) is 4.79 Å². The van der Waals surface area contributed by atoms with Crippen molar-refractivity contribution in [2.24, 2.45) is 0 Å². The number of nitrogens with one attached hydrogen (secondary N) is 1. The van der Waals surface area contributed by atoms with Crippen molar-refractivity contribution in [3.05, 3.63) is 60.2 Å². The fraction of sp³-hybridized carbons (Fsp3) is 0. The second-order valence-corrected chi connectivity index (χ2v) is 3.57. The molecule has 3 nitrogen and oxygen atoms in total. The van der Waals surface area contributed by atoms with Gasteiger partial charge in [-0.15, -0.1) is 0 Å². The molecule has 2 rings (SSSR count). The van der Waals surface area contributed by atoms with Crippen LogP contribution in [0, 0.1) is 0 Å². The first-order chi connectivity index (χ1) is 8.29. The molecule has 2 aromatic carbocycles. The summed E-state index contributed by atoms with van der Waals surface area (Å²) in [7, 11) is 0. The molecule has 2 aromatic rings. The van der Waals surface area contributed by atoms with Gasteiger partial charge >= 0.3 is 5.97 Å². The summed E-state index contributed by atoms with van der Waals surface area (Å²) in [5, 5.41) is 0. The Morgan fingerprint density at radius 3 is 2.53 bits per heavy atom. The minimum atomic E-state index is -0.412. The van der Waals surface area contributed by atoms with Gasteiger partial charge in [-0.3, -0.25) is 4.84 Å². The van der Waals surface area contributed by atoms with Crippen LogP contribution in [0.4, 0.5) is 5.69 Å². The second kappa shape index (κ2) is 5.37. The van der Waals surface area contributed by atoms with Crippen molar-refractivity contribution >= 4 is 23.4 Å². The molecule has 86 valence electrons. The van der Waals surface area contributed by atoms with Crippen LogP contribution < -0.4 is 9.57 Å². The predicted octanol–water partition coefficient (Wildman–Crippen LogP) is 3.47. The third-order valence-electron chi connectivity index (χ3n) is 2.16. The first kappa shape index (κ1) is 11.5. The maximum absolute atomic E-state index is 11.8. The van der Waals surface area contributed by atoms with Crippen molar-refractivity contribution in [1.29, 1.82) is 0 Å². The summed E-state index contributed by atoms with van der Waals surface area (Å²) in [6.45, 7) is 0. The molecule has 0 unspecified atom stereocenters. The van der Waals surface area contributed by atoms with Crippen LogP contribution in [0.3, 0.4) is 0 Å². The predicted molar refractivity (Wildman–Crippen MR) is 67.3 cm³/mol. The Labute approximate surface area is 104 Å². The van der Waals surface area contributed by atoms with Gasteiger partial charge in [-0.2, -0.15) is 0 Å². The molecule has 0 aromatic heterocycles. The highest BCUT2D eigenvalue weighted by atomic mass is 35.5. The van der Waals surface area contributed by atoms with Crippen LogP contribution in [0.25, 0.3) is 0 Å². The third-order valence-corrected chi connectivity index (χ3v) is 2.38. The zero-order valence-electron chi connectivity index (χ0n) is 8.89. The standard InChI is InChI=1S/C13H10ClNO2/c14-15-11-6-4-5-10(9-11)13(16)17-12-7-2-1-3-8-12/h1-9,15H. The molecule has 0 aliphatic rings. The van der Waals surface area contributed by atoms with Gasteiger partial charge in [0.15, 0.2) is 0 Å². The lowest BCUT2D eigenvalue weighted by Gasteiger charge is -2.05. The number of esters is 1. The molecule has 0 spiro atoms. The highest BCUT2D eigenvalue weighted by molar-refractivity contribution is 6.24. The molecule has 4 heteroatoms. The average molecular weight is 248 g/mol. The van der Waals surface area contributed by atoms with Crippen molar-refractivity contribution in [3.63, 3.8) is 0 Å². The van der Waals surface area contributed by atoms with Crippen LogP contribution in [0.2, 0.25) is 0 Å². The zero-order chi connectivity index (χ0) is 12.1. The molecule has 0 saturated carbocycles. The van der Waals surface area contributed by atoms with Crippen molar-refractivity contribution in [2.45, 2.75) is 0 Å². The number of rotatable bonds is 3. The third kappa shape index (κ3) is 2.98. The van der Waals surface area contributed by atoms with Gasteiger partial charge in [-0.25, -0.2) is 4.79 Å². The van der Waals surface area contributed by atoms with Gasteiger partial charge in [0, 0.05) is 17.5 Å². The Balaban J connectivity index is 2.14. The summed E-state index contributed by atoms with van der Waals surface area (Å²) >= 11 is 5.46. The van der Waals surface area contributed by atoms with E-state index in [0.29, 0.717) is 17.0 Å². The molecular weight excluding hydrogens is 238 g/mol. The Hall–Kier alpha value is -2.00. The van der Waals surface area contributed by atoms with Crippen LogP contribution >= 0.6 is 11.8 Å². The van der Waals surface area contributed by atoms with Gasteiger partial charge in [0.2, 0.25) is 0 Å². The van der Waals surface area contributed by atoms with Crippen molar-refractivity contribution in [2.75, 3.05) is 4.84 Å². The van der Waals surface area contributed by atoms with Gasteiger partial charge in [-0.1, -0.05) is 24.3 Å². The Morgan fingerprint density at radius 2 is 1.82 bits per heavy atom. The van der Waals surface area contributed by atoms with E-state index in [1.807, 2.05) is 6.07 Å². The van der Waals surface area contributed by atoms with E-state index in [1.54, 1.807) is 48.5 Å². The number of halogens is 1. The quantitative estimate of drug-likeness (QED) is 0.513. The number of hydrogen-bond donors (Lipinski definition) is 1. The Bertz CT molecular complexity index is 514. The van der Waals surface area contributed by atoms with E-state index >= 15 is 0 Å². The normalized spacial score (nSPS) is 9.71. The first-order valence-corrected chi connectivity index (χ1v) is 5.41. The molecule has 0 radical (unpaired) electrons. The molecule has 1 N–H and O–H groups in total. The number of carbonyl (C=O) groups is 1. The van der Waals surface area contributed by atoms with Crippen LogP contribution in [0.5, 0.6) is 5.75 Å². The number of ether oxygens (including phenoxy) is 1. The van der Waals surface area contributed by atoms with E-state index in [4.69, 9.17) is 16.5 Å². The summed E-state index contributed by atoms with van der Waals surface area (Å²) < 4.78 is 5.19. The number of carbonyl (C=O) groups excluding carboxylic acids is 1. The monoisotopic (exact) mass is 247 g/mol. The molecule has 0 bridgehead atoms. The summed E-state index contributed by atoms with van der Waals surface area (Å²) in [5.74, 6) is 0.103. The Kier molecular flexibility index (Phi) is 3.62. The molecule has 0 amide bonds. The van der Waals surface area contributed by atoms with Crippen LogP contribution in [0.15, 0.2) is 54.6 Å². The summed E-state index contributed by atoms with van der Waals surface area (Å²) in [4.78, 5) is 14.2. The van der Waals surface area contributed by atoms with Crippen molar-refractivity contribution in [3.8, 4) is 5.75 Å². The molecule has 0 heterocycles. The SMILES string of the molecule is O=C(Oc1ccccc1)c1cccc(NCl)c1.